The van der Waals surface area contributed by atoms with Crippen LogP contribution in [-0.2, 0) is 0 Å². The van der Waals surface area contributed by atoms with Gasteiger partial charge in [0.25, 0.3) is 0 Å². The molecule has 2 N–H and O–H groups in total. The van der Waals surface area contributed by atoms with Crippen LogP contribution in [0, 0.1) is 6.92 Å². The Balaban J connectivity index is 1.73. The molecule has 27 heavy (non-hydrogen) atoms. The molecule has 0 radical (unpaired) electrons. The molecule has 0 atom stereocenters. The van der Waals surface area contributed by atoms with Crippen molar-refractivity contribution in [1.29, 1.82) is 0 Å². The number of fused-ring (bicyclic) bond motifs is 1. The van der Waals surface area contributed by atoms with Crippen LogP contribution in [0.1, 0.15) is 15.9 Å². The second kappa shape index (κ2) is 6.77. The van der Waals surface area contributed by atoms with Crippen LogP contribution < -0.4 is 0 Å². The van der Waals surface area contributed by atoms with E-state index < -0.39 is 11.8 Å². The van der Waals surface area contributed by atoms with Gasteiger partial charge in [-0.05, 0) is 36.2 Å². The summed E-state index contributed by atoms with van der Waals surface area (Å²) in [6.45, 7) is 2.04. The van der Waals surface area contributed by atoms with Crippen molar-refractivity contribution in [3.8, 4) is 17.0 Å². The van der Waals surface area contributed by atoms with Gasteiger partial charge in [-0.3, -0.25) is 0 Å². The molecule has 7 heteroatoms. The van der Waals surface area contributed by atoms with E-state index in [0.717, 1.165) is 37.2 Å². The van der Waals surface area contributed by atoms with Gasteiger partial charge < -0.3 is 10.2 Å². The van der Waals surface area contributed by atoms with E-state index in [-0.39, 0.29) is 5.56 Å². The molecule has 0 amide bonds. The van der Waals surface area contributed by atoms with Crippen LogP contribution in [-0.4, -0.2) is 30.8 Å². The van der Waals surface area contributed by atoms with Gasteiger partial charge in [0.05, 0.1) is 6.20 Å². The third-order valence-electron chi connectivity index (χ3n) is 4.19. The lowest BCUT2D eigenvalue weighted by molar-refractivity contribution is 0.0692. The fourth-order valence-corrected chi connectivity index (χ4v) is 3.72. The number of aromatic nitrogens is 3. The average molecular weight is 377 g/mol. The summed E-state index contributed by atoms with van der Waals surface area (Å²) in [4.78, 5) is 17.6. The first-order valence-corrected chi connectivity index (χ1v) is 8.99. The van der Waals surface area contributed by atoms with Crippen molar-refractivity contribution < 1.29 is 15.0 Å². The van der Waals surface area contributed by atoms with Crippen molar-refractivity contribution in [1.82, 2.24) is 14.6 Å². The second-order valence-corrected chi connectivity index (χ2v) is 7.11. The van der Waals surface area contributed by atoms with Gasteiger partial charge in [0.2, 0.25) is 5.88 Å². The molecule has 0 aliphatic heterocycles. The molecule has 6 nitrogen and oxygen atoms in total. The quantitative estimate of drug-likeness (QED) is 0.552. The Bertz CT molecular complexity index is 1160. The van der Waals surface area contributed by atoms with E-state index in [9.17, 15) is 9.90 Å². The van der Waals surface area contributed by atoms with Crippen LogP contribution >= 0.6 is 11.8 Å². The zero-order valence-electron chi connectivity index (χ0n) is 14.3. The molecule has 0 fully saturated rings. The number of aromatic carboxylic acids is 1. The Morgan fingerprint density at radius 1 is 1.11 bits per heavy atom. The van der Waals surface area contributed by atoms with Gasteiger partial charge in [0, 0.05) is 21.6 Å². The lowest BCUT2D eigenvalue weighted by Crippen LogP contribution is -2.03. The summed E-state index contributed by atoms with van der Waals surface area (Å²) in [5.74, 6) is -1.69. The van der Waals surface area contributed by atoms with Crippen LogP contribution in [0.4, 0.5) is 0 Å². The third-order valence-corrected chi connectivity index (χ3v) is 5.37. The van der Waals surface area contributed by atoms with Crippen LogP contribution in [0.3, 0.4) is 0 Å². The number of hydrogen-bond acceptors (Lipinski definition) is 5. The SMILES string of the molecule is Cc1cc(-c2cnn3c(O)c(C(=O)O)cnc23)ccc1Sc1ccccc1. The van der Waals surface area contributed by atoms with E-state index in [1.54, 1.807) is 18.0 Å². The monoisotopic (exact) mass is 377 g/mol. The first-order valence-electron chi connectivity index (χ1n) is 8.17. The molecular weight excluding hydrogens is 362 g/mol. The standard InChI is InChI=1S/C20H15N3O3S/c1-12-9-13(7-8-17(12)27-14-5-3-2-4-6-14)15-11-22-23-18(15)21-10-16(19(23)24)20(25)26/h2-11,24H,1H3,(H,25,26). The summed E-state index contributed by atoms with van der Waals surface area (Å²) in [5.41, 5.74) is 2.84. The number of aromatic hydroxyl groups is 1. The van der Waals surface area contributed by atoms with E-state index in [1.807, 2.05) is 43.3 Å². The van der Waals surface area contributed by atoms with Gasteiger partial charge in [-0.25, -0.2) is 9.78 Å². The maximum atomic E-state index is 11.1. The summed E-state index contributed by atoms with van der Waals surface area (Å²) >= 11 is 1.69. The number of carboxylic acid groups (broad SMARTS) is 1. The number of carbonyl (C=O) groups is 1. The summed E-state index contributed by atoms with van der Waals surface area (Å²) in [7, 11) is 0. The molecule has 0 aliphatic carbocycles. The topological polar surface area (TPSA) is 87.7 Å². The number of rotatable bonds is 4. The van der Waals surface area contributed by atoms with Crippen molar-refractivity contribution >= 4 is 23.4 Å². The lowest BCUT2D eigenvalue weighted by Gasteiger charge is -2.08. The highest BCUT2D eigenvalue weighted by Crippen LogP contribution is 2.34. The third kappa shape index (κ3) is 3.13. The van der Waals surface area contributed by atoms with Crippen molar-refractivity contribution in [3.63, 3.8) is 0 Å². The number of nitrogens with zero attached hydrogens (tertiary/aromatic N) is 3. The van der Waals surface area contributed by atoms with Crippen LogP contribution in [0.5, 0.6) is 5.88 Å². The van der Waals surface area contributed by atoms with Crippen LogP contribution in [0.15, 0.2) is 70.7 Å². The molecule has 2 aromatic heterocycles. The molecule has 0 spiro atoms. The molecule has 0 bridgehead atoms. The van der Waals surface area contributed by atoms with E-state index in [2.05, 4.69) is 22.2 Å². The fraction of sp³-hybridized carbons (Fsp3) is 0.0500. The lowest BCUT2D eigenvalue weighted by atomic mass is 10.1. The molecule has 0 unspecified atom stereocenters. The fourth-order valence-electron chi connectivity index (χ4n) is 2.82. The Morgan fingerprint density at radius 2 is 1.89 bits per heavy atom. The van der Waals surface area contributed by atoms with Crippen molar-refractivity contribution in [2.45, 2.75) is 16.7 Å². The molecule has 2 aromatic carbocycles. The van der Waals surface area contributed by atoms with Crippen molar-refractivity contribution in [2.24, 2.45) is 0 Å². The van der Waals surface area contributed by atoms with Gasteiger partial charge in [-0.2, -0.15) is 9.61 Å². The smallest absolute Gasteiger partial charge is 0.342 e. The van der Waals surface area contributed by atoms with Gasteiger partial charge >= 0.3 is 5.97 Å². The second-order valence-electron chi connectivity index (χ2n) is 5.99. The summed E-state index contributed by atoms with van der Waals surface area (Å²) in [6.07, 6.45) is 2.72. The van der Waals surface area contributed by atoms with Gasteiger partial charge in [-0.15, -0.1) is 0 Å². The van der Waals surface area contributed by atoms with E-state index in [4.69, 9.17) is 5.11 Å². The summed E-state index contributed by atoms with van der Waals surface area (Å²) < 4.78 is 1.14. The van der Waals surface area contributed by atoms with E-state index >= 15 is 0 Å². The number of aryl methyl sites for hydroxylation is 1. The molecule has 0 saturated heterocycles. The Kier molecular flexibility index (Phi) is 4.29. The Hall–Kier alpha value is -3.32. The molecule has 0 saturated carbocycles. The molecule has 4 rings (SSSR count). The van der Waals surface area contributed by atoms with Crippen molar-refractivity contribution in [2.75, 3.05) is 0 Å². The Labute approximate surface area is 159 Å². The summed E-state index contributed by atoms with van der Waals surface area (Å²) in [6, 6.07) is 16.2. The molecule has 134 valence electrons. The van der Waals surface area contributed by atoms with Gasteiger partial charge in [-0.1, -0.05) is 42.1 Å². The maximum Gasteiger partial charge on any atom is 0.342 e. The number of benzene rings is 2. The van der Waals surface area contributed by atoms with Crippen LogP contribution in [0.25, 0.3) is 16.8 Å². The average Bonchev–Trinajstić information content (AvgIpc) is 3.09. The number of carboxylic acids is 1. The van der Waals surface area contributed by atoms with E-state index in [1.165, 1.54) is 0 Å². The highest BCUT2D eigenvalue weighted by molar-refractivity contribution is 7.99. The Morgan fingerprint density at radius 3 is 2.59 bits per heavy atom. The normalized spacial score (nSPS) is 11.0. The highest BCUT2D eigenvalue weighted by Gasteiger charge is 2.18. The maximum absolute atomic E-state index is 11.1. The predicted molar refractivity (Wildman–Crippen MR) is 102 cm³/mol. The zero-order chi connectivity index (χ0) is 19.0. The van der Waals surface area contributed by atoms with Gasteiger partial charge in [0.15, 0.2) is 5.65 Å². The molecule has 2 heterocycles. The minimum Gasteiger partial charge on any atom is -0.493 e. The summed E-state index contributed by atoms with van der Waals surface area (Å²) in [5, 5.41) is 23.3. The zero-order valence-corrected chi connectivity index (χ0v) is 15.1. The first kappa shape index (κ1) is 17.1. The first-order chi connectivity index (χ1) is 13.0. The largest absolute Gasteiger partial charge is 0.493 e. The number of hydrogen-bond donors (Lipinski definition) is 2. The molecule has 0 aliphatic rings. The molecule has 4 aromatic rings. The predicted octanol–water partition coefficient (Wildman–Crippen LogP) is 4.26. The van der Waals surface area contributed by atoms with E-state index in [0.29, 0.717) is 5.65 Å². The minimum absolute atomic E-state index is 0.289. The highest BCUT2D eigenvalue weighted by atomic mass is 32.2. The van der Waals surface area contributed by atoms with Crippen LogP contribution in [0.2, 0.25) is 0 Å². The minimum atomic E-state index is -1.25. The van der Waals surface area contributed by atoms with Crippen molar-refractivity contribution in [3.05, 3.63) is 72.1 Å². The van der Waals surface area contributed by atoms with Gasteiger partial charge in [0.1, 0.15) is 5.56 Å². The molecular formula is C20H15N3O3S.